The molecule has 0 bridgehead atoms. The number of piperidine rings is 1. The highest BCUT2D eigenvalue weighted by Crippen LogP contribution is 2.36. The van der Waals surface area contributed by atoms with E-state index < -0.39 is 10.7 Å². The Morgan fingerprint density at radius 2 is 2.33 bits per heavy atom. The van der Waals surface area contributed by atoms with Gasteiger partial charge in [0, 0.05) is 19.2 Å². The Morgan fingerprint density at radius 3 is 2.95 bits per heavy atom. The van der Waals surface area contributed by atoms with Crippen LogP contribution in [0.2, 0.25) is 0 Å². The van der Waals surface area contributed by atoms with E-state index in [1.54, 1.807) is 0 Å². The summed E-state index contributed by atoms with van der Waals surface area (Å²) in [5.41, 5.74) is 0.220. The van der Waals surface area contributed by atoms with Crippen molar-refractivity contribution < 1.29 is 14.1 Å². The largest absolute Gasteiger partial charge is 0.494 e. The summed E-state index contributed by atoms with van der Waals surface area (Å²) in [6.45, 7) is 2.31. The molecule has 1 unspecified atom stereocenters. The van der Waals surface area contributed by atoms with E-state index in [1.807, 2.05) is 11.9 Å². The molecule has 1 aromatic rings. The summed E-state index contributed by atoms with van der Waals surface area (Å²) in [5, 5.41) is 14.3. The molecule has 0 aliphatic carbocycles. The molecule has 6 nitrogen and oxygen atoms in total. The van der Waals surface area contributed by atoms with Gasteiger partial charge >= 0.3 is 0 Å². The molecule has 21 heavy (non-hydrogen) atoms. The molecule has 1 N–H and O–H groups in total. The van der Waals surface area contributed by atoms with E-state index in [9.17, 15) is 14.5 Å². The molecule has 7 heteroatoms. The van der Waals surface area contributed by atoms with Crippen LogP contribution in [-0.2, 0) is 0 Å². The summed E-state index contributed by atoms with van der Waals surface area (Å²) in [4.78, 5) is 12.6. The Balaban J connectivity index is 2.34. The van der Waals surface area contributed by atoms with Gasteiger partial charge in [0.1, 0.15) is 5.69 Å². The second kappa shape index (κ2) is 6.71. The lowest BCUT2D eigenvalue weighted by Gasteiger charge is -2.34. The minimum atomic E-state index is -0.711. The average Bonchev–Trinajstić information content (AvgIpc) is 2.47. The highest BCUT2D eigenvalue weighted by atomic mass is 19.1. The van der Waals surface area contributed by atoms with E-state index in [-0.39, 0.29) is 11.4 Å². The number of rotatable bonds is 5. The monoisotopic (exact) mass is 297 g/mol. The Labute approximate surface area is 123 Å². The topological polar surface area (TPSA) is 67.6 Å². The Bertz CT molecular complexity index is 522. The van der Waals surface area contributed by atoms with Gasteiger partial charge in [-0.3, -0.25) is 10.1 Å². The van der Waals surface area contributed by atoms with Crippen LogP contribution in [0.15, 0.2) is 12.1 Å². The first-order valence-corrected chi connectivity index (χ1v) is 6.98. The van der Waals surface area contributed by atoms with Gasteiger partial charge in [-0.25, -0.2) is 4.39 Å². The maximum Gasteiger partial charge on any atom is 0.295 e. The van der Waals surface area contributed by atoms with E-state index in [4.69, 9.17) is 4.74 Å². The number of nitro benzene ring substituents is 1. The van der Waals surface area contributed by atoms with Crippen LogP contribution in [0.3, 0.4) is 0 Å². The molecule has 0 spiro atoms. The predicted octanol–water partition coefficient (Wildman–Crippen LogP) is 2.18. The molecule has 0 radical (unpaired) electrons. The molecular weight excluding hydrogens is 277 g/mol. The van der Waals surface area contributed by atoms with Gasteiger partial charge in [-0.2, -0.15) is 0 Å². The number of methoxy groups -OCH3 is 1. The highest BCUT2D eigenvalue weighted by molar-refractivity contribution is 5.66. The fraction of sp³-hybridized carbons (Fsp3) is 0.571. The van der Waals surface area contributed by atoms with Gasteiger partial charge in [-0.15, -0.1) is 0 Å². The first-order chi connectivity index (χ1) is 10.1. The number of nitrogens with one attached hydrogen (secondary N) is 1. The lowest BCUT2D eigenvalue weighted by atomic mass is 9.97. The van der Waals surface area contributed by atoms with E-state index in [2.05, 4.69) is 5.32 Å². The predicted molar refractivity (Wildman–Crippen MR) is 78.5 cm³/mol. The van der Waals surface area contributed by atoms with Crippen molar-refractivity contribution >= 4 is 11.4 Å². The van der Waals surface area contributed by atoms with Gasteiger partial charge in [0.25, 0.3) is 5.69 Å². The van der Waals surface area contributed by atoms with Crippen molar-refractivity contribution in [2.75, 3.05) is 38.7 Å². The number of hydrogen-bond acceptors (Lipinski definition) is 5. The lowest BCUT2D eigenvalue weighted by molar-refractivity contribution is -0.384. The van der Waals surface area contributed by atoms with Crippen LogP contribution in [0.4, 0.5) is 15.8 Å². The molecule has 1 fully saturated rings. The number of benzene rings is 1. The number of anilines is 1. The summed E-state index contributed by atoms with van der Waals surface area (Å²) in [7, 11) is 3.25. The van der Waals surface area contributed by atoms with Crippen LogP contribution >= 0.6 is 0 Å². The minimum absolute atomic E-state index is 0.0336. The zero-order chi connectivity index (χ0) is 15.4. The molecule has 1 atom stereocenters. The molecule has 1 aliphatic rings. The standard InChI is InChI=1S/C14H20FN3O3/c1-16-8-10-4-3-5-17(9-10)12-7-14(21-2)11(15)6-13(12)18(19)20/h6-7,10,16H,3-5,8-9H2,1-2H3. The number of halogens is 1. The number of hydrogen-bond donors (Lipinski definition) is 1. The third-order valence-corrected chi connectivity index (χ3v) is 3.80. The van der Waals surface area contributed by atoms with Gasteiger partial charge < -0.3 is 15.0 Å². The summed E-state index contributed by atoms with van der Waals surface area (Å²) < 4.78 is 18.6. The molecular formula is C14H20FN3O3. The van der Waals surface area contributed by atoms with Gasteiger partial charge in [0.05, 0.1) is 18.1 Å². The third-order valence-electron chi connectivity index (χ3n) is 3.80. The molecule has 1 aliphatic heterocycles. The number of ether oxygens (including phenoxy) is 1. The van der Waals surface area contributed by atoms with Crippen LogP contribution in [0.1, 0.15) is 12.8 Å². The average molecular weight is 297 g/mol. The summed E-state index contributed by atoms with van der Waals surface area (Å²) in [6, 6.07) is 2.37. The van der Waals surface area contributed by atoms with Gasteiger partial charge in [-0.1, -0.05) is 0 Å². The Hall–Kier alpha value is -1.89. The van der Waals surface area contributed by atoms with Crippen LogP contribution in [0.25, 0.3) is 0 Å². The van der Waals surface area contributed by atoms with Crippen LogP contribution in [-0.4, -0.2) is 38.7 Å². The smallest absolute Gasteiger partial charge is 0.295 e. The fourth-order valence-corrected chi connectivity index (χ4v) is 2.83. The number of nitro groups is 1. The third kappa shape index (κ3) is 3.41. The van der Waals surface area contributed by atoms with Crippen molar-refractivity contribution in [3.63, 3.8) is 0 Å². The summed E-state index contributed by atoms with van der Waals surface area (Å²) in [5.74, 6) is -0.248. The zero-order valence-corrected chi connectivity index (χ0v) is 12.3. The second-order valence-corrected chi connectivity index (χ2v) is 5.24. The van der Waals surface area contributed by atoms with E-state index in [1.165, 1.54) is 13.2 Å². The van der Waals surface area contributed by atoms with Gasteiger partial charge in [0.15, 0.2) is 11.6 Å². The molecule has 0 saturated carbocycles. The summed E-state index contributed by atoms with van der Waals surface area (Å²) >= 11 is 0. The molecule has 1 saturated heterocycles. The molecule has 116 valence electrons. The van der Waals surface area contributed by atoms with Crippen LogP contribution in [0.5, 0.6) is 5.75 Å². The molecule has 1 heterocycles. The first kappa shape index (κ1) is 15.5. The SMILES string of the molecule is CNCC1CCCN(c2cc(OC)c(F)cc2[N+](=O)[O-])C1. The minimum Gasteiger partial charge on any atom is -0.494 e. The fourth-order valence-electron chi connectivity index (χ4n) is 2.83. The quantitative estimate of drug-likeness (QED) is 0.666. The van der Waals surface area contributed by atoms with Crippen LogP contribution < -0.4 is 15.0 Å². The Kier molecular flexibility index (Phi) is 4.95. The van der Waals surface area contributed by atoms with E-state index in [0.29, 0.717) is 11.6 Å². The zero-order valence-electron chi connectivity index (χ0n) is 12.3. The first-order valence-electron chi connectivity index (χ1n) is 6.98. The van der Waals surface area contributed by atoms with Crippen molar-refractivity contribution in [2.24, 2.45) is 5.92 Å². The molecule has 0 amide bonds. The summed E-state index contributed by atoms with van der Waals surface area (Å²) in [6.07, 6.45) is 2.05. The second-order valence-electron chi connectivity index (χ2n) is 5.24. The lowest BCUT2D eigenvalue weighted by Crippen LogP contribution is -2.39. The van der Waals surface area contributed by atoms with Crippen LogP contribution in [0, 0.1) is 21.8 Å². The van der Waals surface area contributed by atoms with Crippen molar-refractivity contribution in [3.8, 4) is 5.75 Å². The van der Waals surface area contributed by atoms with E-state index >= 15 is 0 Å². The maximum atomic E-state index is 13.7. The van der Waals surface area contributed by atoms with Gasteiger partial charge in [0.2, 0.25) is 0 Å². The Morgan fingerprint density at radius 1 is 1.57 bits per heavy atom. The molecule has 1 aromatic carbocycles. The maximum absolute atomic E-state index is 13.7. The van der Waals surface area contributed by atoms with Gasteiger partial charge in [-0.05, 0) is 32.4 Å². The molecule has 0 aromatic heterocycles. The molecule has 2 rings (SSSR count). The van der Waals surface area contributed by atoms with E-state index in [0.717, 1.165) is 38.5 Å². The van der Waals surface area contributed by atoms with Crippen molar-refractivity contribution in [1.82, 2.24) is 5.32 Å². The van der Waals surface area contributed by atoms with Crippen molar-refractivity contribution in [3.05, 3.63) is 28.1 Å². The highest BCUT2D eigenvalue weighted by Gasteiger charge is 2.27. The van der Waals surface area contributed by atoms with Crippen molar-refractivity contribution in [1.29, 1.82) is 0 Å². The van der Waals surface area contributed by atoms with Crippen molar-refractivity contribution in [2.45, 2.75) is 12.8 Å². The normalized spacial score (nSPS) is 18.6. The number of nitrogens with zero attached hydrogens (tertiary/aromatic N) is 2.